The van der Waals surface area contributed by atoms with E-state index in [2.05, 4.69) is 25.1 Å². The van der Waals surface area contributed by atoms with Crippen LogP contribution in [-0.2, 0) is 12.0 Å². The fraction of sp³-hybridized carbons (Fsp3) is 0.400. The zero-order valence-corrected chi connectivity index (χ0v) is 13.9. The van der Waals surface area contributed by atoms with Gasteiger partial charge in [0.15, 0.2) is 11.5 Å². The fourth-order valence-electron chi connectivity index (χ4n) is 3.16. The van der Waals surface area contributed by atoms with E-state index in [-0.39, 0.29) is 11.5 Å². The van der Waals surface area contributed by atoms with Gasteiger partial charge in [-0.15, -0.1) is 0 Å². The van der Waals surface area contributed by atoms with Gasteiger partial charge < -0.3 is 15.2 Å². The van der Waals surface area contributed by atoms with Gasteiger partial charge in [0.05, 0.1) is 6.61 Å². The second kappa shape index (κ2) is 6.63. The van der Waals surface area contributed by atoms with Gasteiger partial charge in [0, 0.05) is 17.0 Å². The number of benzene rings is 2. The molecule has 2 aromatic rings. The third-order valence-electron chi connectivity index (χ3n) is 4.70. The van der Waals surface area contributed by atoms with Gasteiger partial charge >= 0.3 is 0 Å². The van der Waals surface area contributed by atoms with E-state index in [4.69, 9.17) is 15.2 Å². The number of nitrogens with two attached hydrogens (primary N) is 1. The van der Waals surface area contributed by atoms with Gasteiger partial charge in [-0.3, -0.25) is 0 Å². The molecule has 3 heteroatoms. The Bertz CT molecular complexity index is 648. The van der Waals surface area contributed by atoms with Gasteiger partial charge in [-0.05, 0) is 38.3 Å². The minimum Gasteiger partial charge on any atom is -0.490 e. The molecule has 122 valence electrons. The van der Waals surface area contributed by atoms with Crippen molar-refractivity contribution in [3.8, 4) is 11.5 Å². The van der Waals surface area contributed by atoms with Crippen molar-refractivity contribution in [2.24, 2.45) is 5.73 Å². The normalized spacial score (nSPS) is 16.7. The maximum Gasteiger partial charge on any atom is 0.165 e. The lowest BCUT2D eigenvalue weighted by molar-refractivity contribution is 0.263. The summed E-state index contributed by atoms with van der Waals surface area (Å²) in [4.78, 5) is 0. The summed E-state index contributed by atoms with van der Waals surface area (Å²) in [5.41, 5.74) is 8.65. The highest BCUT2D eigenvalue weighted by molar-refractivity contribution is 5.53. The molecule has 0 aromatic heterocycles. The first-order valence-corrected chi connectivity index (χ1v) is 8.36. The molecule has 0 saturated heterocycles. The van der Waals surface area contributed by atoms with Crippen molar-refractivity contribution in [3.63, 3.8) is 0 Å². The maximum atomic E-state index is 6.27. The van der Waals surface area contributed by atoms with E-state index in [0.717, 1.165) is 29.9 Å². The first-order chi connectivity index (χ1) is 11.2. The molecule has 0 radical (unpaired) electrons. The Morgan fingerprint density at radius 1 is 1.04 bits per heavy atom. The zero-order chi connectivity index (χ0) is 16.3. The molecule has 0 heterocycles. The second-order valence-corrected chi connectivity index (χ2v) is 6.28. The van der Waals surface area contributed by atoms with Crippen molar-refractivity contribution in [1.82, 2.24) is 0 Å². The average molecular weight is 311 g/mol. The van der Waals surface area contributed by atoms with Gasteiger partial charge in [0.25, 0.3) is 0 Å². The van der Waals surface area contributed by atoms with Crippen LogP contribution in [0.4, 0.5) is 0 Å². The molecule has 2 N–H and O–H groups in total. The molecular weight excluding hydrogens is 286 g/mol. The molecule has 1 fully saturated rings. The largest absolute Gasteiger partial charge is 0.490 e. The number of hydrogen-bond donors (Lipinski definition) is 1. The summed E-state index contributed by atoms with van der Waals surface area (Å²) in [7, 11) is 0. The van der Waals surface area contributed by atoms with Crippen LogP contribution in [0, 0.1) is 0 Å². The topological polar surface area (TPSA) is 44.5 Å². The third kappa shape index (κ3) is 3.20. The van der Waals surface area contributed by atoms with E-state index in [0.29, 0.717) is 13.2 Å². The van der Waals surface area contributed by atoms with Gasteiger partial charge in [-0.25, -0.2) is 0 Å². The lowest BCUT2D eigenvalue weighted by Gasteiger charge is -2.25. The molecule has 3 rings (SSSR count). The molecule has 1 atom stereocenters. The maximum absolute atomic E-state index is 6.27. The molecule has 1 unspecified atom stereocenters. The Morgan fingerprint density at radius 2 is 1.78 bits per heavy atom. The lowest BCUT2D eigenvalue weighted by Crippen LogP contribution is -2.32. The molecule has 2 aromatic carbocycles. The molecular formula is C20H25NO2. The summed E-state index contributed by atoms with van der Waals surface area (Å²) in [5, 5.41) is 0. The Morgan fingerprint density at radius 3 is 2.39 bits per heavy atom. The van der Waals surface area contributed by atoms with Gasteiger partial charge in [-0.2, -0.15) is 0 Å². The van der Waals surface area contributed by atoms with Crippen LogP contribution in [0.25, 0.3) is 0 Å². The number of ether oxygens (including phenoxy) is 2. The number of hydrogen-bond acceptors (Lipinski definition) is 3. The van der Waals surface area contributed by atoms with Crippen molar-refractivity contribution in [1.29, 1.82) is 0 Å². The molecule has 1 aliphatic carbocycles. The fourth-order valence-corrected chi connectivity index (χ4v) is 3.16. The molecule has 0 aliphatic heterocycles. The summed E-state index contributed by atoms with van der Waals surface area (Å²) >= 11 is 0. The smallest absolute Gasteiger partial charge is 0.165 e. The van der Waals surface area contributed by atoms with Crippen molar-refractivity contribution in [2.45, 2.75) is 44.8 Å². The van der Waals surface area contributed by atoms with Crippen LogP contribution in [-0.4, -0.2) is 12.6 Å². The first-order valence-electron chi connectivity index (χ1n) is 8.36. The first kappa shape index (κ1) is 15.9. The minimum atomic E-state index is 0.0408. The van der Waals surface area contributed by atoms with E-state index >= 15 is 0 Å². The van der Waals surface area contributed by atoms with Crippen molar-refractivity contribution >= 4 is 0 Å². The lowest BCUT2D eigenvalue weighted by atomic mass is 9.88. The highest BCUT2D eigenvalue weighted by Gasteiger charge is 2.49. The highest BCUT2D eigenvalue weighted by Crippen LogP contribution is 2.55. The zero-order valence-electron chi connectivity index (χ0n) is 13.9. The van der Waals surface area contributed by atoms with E-state index in [1.807, 2.05) is 37.3 Å². The summed E-state index contributed by atoms with van der Waals surface area (Å²) in [6.07, 6.45) is 2.23. The quantitative estimate of drug-likeness (QED) is 0.839. The summed E-state index contributed by atoms with van der Waals surface area (Å²) < 4.78 is 12.0. The van der Waals surface area contributed by atoms with E-state index in [1.54, 1.807) is 0 Å². The Kier molecular flexibility index (Phi) is 4.58. The predicted molar refractivity (Wildman–Crippen MR) is 92.9 cm³/mol. The van der Waals surface area contributed by atoms with Gasteiger partial charge in [0.2, 0.25) is 0 Å². The summed E-state index contributed by atoms with van der Waals surface area (Å²) in [5.74, 6) is 1.67. The average Bonchev–Trinajstić information content (AvgIpc) is 3.36. The standard InChI is InChI=1S/C20H25NO2/c1-3-22-18-11-7-10-17(20(12-13-20)15(2)21)19(18)23-14-16-8-5-4-6-9-16/h4-11,15H,3,12-14,21H2,1-2H3. The SMILES string of the molecule is CCOc1cccc(C2(C(C)N)CC2)c1OCc1ccccc1. The summed E-state index contributed by atoms with van der Waals surface area (Å²) in [6.45, 7) is 5.23. The molecule has 0 bridgehead atoms. The second-order valence-electron chi connectivity index (χ2n) is 6.28. The van der Waals surface area contributed by atoms with Crippen LogP contribution >= 0.6 is 0 Å². The van der Waals surface area contributed by atoms with Crippen LogP contribution in [0.2, 0.25) is 0 Å². The Labute approximate surface area is 138 Å². The predicted octanol–water partition coefficient (Wildman–Crippen LogP) is 4.04. The number of rotatable bonds is 7. The molecule has 0 amide bonds. The summed E-state index contributed by atoms with van der Waals surface area (Å²) in [6, 6.07) is 16.5. The highest BCUT2D eigenvalue weighted by atomic mass is 16.5. The third-order valence-corrected chi connectivity index (χ3v) is 4.70. The van der Waals surface area contributed by atoms with Crippen LogP contribution < -0.4 is 15.2 Å². The molecule has 1 aliphatic rings. The van der Waals surface area contributed by atoms with Crippen molar-refractivity contribution in [2.75, 3.05) is 6.61 Å². The van der Waals surface area contributed by atoms with Gasteiger partial charge in [0.1, 0.15) is 6.61 Å². The van der Waals surface area contributed by atoms with Crippen LogP contribution in [0.1, 0.15) is 37.8 Å². The van der Waals surface area contributed by atoms with E-state index in [1.165, 1.54) is 5.56 Å². The number of para-hydroxylation sites is 1. The van der Waals surface area contributed by atoms with Crippen LogP contribution in [0.15, 0.2) is 48.5 Å². The molecule has 3 nitrogen and oxygen atoms in total. The molecule has 0 spiro atoms. The minimum absolute atomic E-state index is 0.0408. The monoisotopic (exact) mass is 311 g/mol. The van der Waals surface area contributed by atoms with Crippen LogP contribution in [0.5, 0.6) is 11.5 Å². The van der Waals surface area contributed by atoms with Crippen molar-refractivity contribution < 1.29 is 9.47 Å². The van der Waals surface area contributed by atoms with E-state index in [9.17, 15) is 0 Å². The van der Waals surface area contributed by atoms with Crippen molar-refractivity contribution in [3.05, 3.63) is 59.7 Å². The van der Waals surface area contributed by atoms with Gasteiger partial charge in [-0.1, -0.05) is 42.5 Å². The van der Waals surface area contributed by atoms with E-state index < -0.39 is 0 Å². The van der Waals surface area contributed by atoms with Crippen LogP contribution in [0.3, 0.4) is 0 Å². The molecule has 23 heavy (non-hydrogen) atoms. The molecule has 1 saturated carbocycles. The Balaban J connectivity index is 1.92. The Hall–Kier alpha value is -2.00.